The lowest BCUT2D eigenvalue weighted by Crippen LogP contribution is -2.29. The van der Waals surface area contributed by atoms with Crippen LogP contribution in [0.5, 0.6) is 0 Å². The van der Waals surface area contributed by atoms with Crippen molar-refractivity contribution in [3.63, 3.8) is 0 Å². The Balaban J connectivity index is 2.84. The van der Waals surface area contributed by atoms with Gasteiger partial charge in [0.2, 0.25) is 11.2 Å². The maximum Gasteiger partial charge on any atom is 0.433 e. The van der Waals surface area contributed by atoms with Crippen LogP contribution in [-0.2, 0) is 11.0 Å². The van der Waals surface area contributed by atoms with Gasteiger partial charge in [-0.25, -0.2) is 9.97 Å². The van der Waals surface area contributed by atoms with E-state index in [1.54, 1.807) is 0 Å². The van der Waals surface area contributed by atoms with Crippen LogP contribution in [0.4, 0.5) is 19.0 Å². The third-order valence-electron chi connectivity index (χ3n) is 1.91. The van der Waals surface area contributed by atoms with Crippen LogP contribution >= 0.6 is 11.6 Å². The van der Waals surface area contributed by atoms with Crippen LogP contribution in [0, 0.1) is 0 Å². The van der Waals surface area contributed by atoms with Crippen molar-refractivity contribution >= 4 is 23.3 Å². The Hall–Kier alpha value is -1.57. The highest BCUT2D eigenvalue weighted by molar-refractivity contribution is 6.28. The van der Waals surface area contributed by atoms with Crippen molar-refractivity contribution in [2.45, 2.75) is 6.18 Å². The highest BCUT2D eigenvalue weighted by atomic mass is 35.5. The summed E-state index contributed by atoms with van der Waals surface area (Å²) in [4.78, 5) is 19.2. The molecule has 100 valence electrons. The normalized spacial score (nSPS) is 11.2. The van der Waals surface area contributed by atoms with Crippen molar-refractivity contribution < 1.29 is 18.0 Å². The molecule has 0 radical (unpaired) electrons. The van der Waals surface area contributed by atoms with Crippen LogP contribution in [0.15, 0.2) is 6.07 Å². The van der Waals surface area contributed by atoms with Gasteiger partial charge in [-0.1, -0.05) is 0 Å². The molecule has 18 heavy (non-hydrogen) atoms. The van der Waals surface area contributed by atoms with Crippen molar-refractivity contribution in [2.75, 3.05) is 26.0 Å². The third-order valence-corrected chi connectivity index (χ3v) is 2.08. The van der Waals surface area contributed by atoms with Crippen LogP contribution < -0.4 is 5.32 Å². The minimum Gasteiger partial charge on any atom is -0.361 e. The number of aromatic nitrogens is 2. The molecule has 0 fully saturated rings. The first kappa shape index (κ1) is 14.5. The van der Waals surface area contributed by atoms with E-state index in [0.717, 1.165) is 0 Å². The zero-order chi connectivity index (χ0) is 13.9. The van der Waals surface area contributed by atoms with Crippen molar-refractivity contribution in [1.82, 2.24) is 14.9 Å². The predicted molar refractivity (Wildman–Crippen MR) is 59.2 cm³/mol. The summed E-state index contributed by atoms with van der Waals surface area (Å²) in [6, 6.07) is 0.689. The molecule has 5 nitrogen and oxygen atoms in total. The highest BCUT2D eigenvalue weighted by Gasteiger charge is 2.33. The fourth-order valence-corrected chi connectivity index (χ4v) is 1.16. The zero-order valence-electron chi connectivity index (χ0n) is 9.55. The SMILES string of the molecule is CN(C)C(=O)CNc1cc(C(F)(F)F)nc(Cl)n1. The van der Waals surface area contributed by atoms with Crippen LogP contribution in [0.2, 0.25) is 5.28 Å². The van der Waals surface area contributed by atoms with Gasteiger partial charge in [0.25, 0.3) is 0 Å². The van der Waals surface area contributed by atoms with Crippen molar-refractivity contribution in [2.24, 2.45) is 0 Å². The Bertz CT molecular complexity index is 450. The molecule has 1 N–H and O–H groups in total. The van der Waals surface area contributed by atoms with Gasteiger partial charge in [-0.15, -0.1) is 0 Å². The zero-order valence-corrected chi connectivity index (χ0v) is 10.3. The average molecular weight is 283 g/mol. The number of rotatable bonds is 3. The fourth-order valence-electron chi connectivity index (χ4n) is 0.978. The number of halogens is 4. The number of amides is 1. The molecular weight excluding hydrogens is 273 g/mol. The molecule has 0 saturated heterocycles. The standard InChI is InChI=1S/C9H10ClF3N4O/c1-17(2)7(18)4-14-6-3-5(9(11,12)13)15-8(10)16-6/h3H,4H2,1-2H3,(H,14,15,16). The molecule has 0 unspecified atom stereocenters. The van der Waals surface area contributed by atoms with Crippen LogP contribution in [0.1, 0.15) is 5.69 Å². The summed E-state index contributed by atoms with van der Waals surface area (Å²) >= 11 is 5.38. The van der Waals surface area contributed by atoms with E-state index in [0.29, 0.717) is 6.07 Å². The number of likely N-dealkylation sites (N-methyl/N-ethyl adjacent to an activating group) is 1. The first-order valence-electron chi connectivity index (χ1n) is 4.76. The quantitative estimate of drug-likeness (QED) is 0.857. The van der Waals surface area contributed by atoms with Gasteiger partial charge in [-0.2, -0.15) is 13.2 Å². The monoisotopic (exact) mass is 282 g/mol. The largest absolute Gasteiger partial charge is 0.433 e. The molecule has 1 aromatic rings. The Kier molecular flexibility index (Phi) is 4.33. The molecule has 0 atom stereocenters. The van der Waals surface area contributed by atoms with Crippen LogP contribution in [0.3, 0.4) is 0 Å². The lowest BCUT2D eigenvalue weighted by molar-refractivity contribution is -0.141. The molecule has 0 saturated carbocycles. The summed E-state index contributed by atoms with van der Waals surface area (Å²) in [5, 5.41) is 1.91. The van der Waals surface area contributed by atoms with Gasteiger partial charge in [0, 0.05) is 20.2 Å². The van der Waals surface area contributed by atoms with Crippen LogP contribution in [0.25, 0.3) is 0 Å². The molecule has 1 aromatic heterocycles. The molecule has 0 spiro atoms. The van der Waals surface area contributed by atoms with Crippen molar-refractivity contribution in [3.8, 4) is 0 Å². The van der Waals surface area contributed by atoms with E-state index in [2.05, 4.69) is 15.3 Å². The minimum absolute atomic E-state index is 0.155. The first-order valence-corrected chi connectivity index (χ1v) is 5.13. The lowest BCUT2D eigenvalue weighted by Gasteiger charge is -2.12. The smallest absolute Gasteiger partial charge is 0.361 e. The fraction of sp³-hybridized carbons (Fsp3) is 0.444. The van der Waals surface area contributed by atoms with E-state index in [4.69, 9.17) is 11.6 Å². The number of carbonyl (C=O) groups is 1. The third kappa shape index (κ3) is 4.02. The van der Waals surface area contributed by atoms with Crippen molar-refractivity contribution in [1.29, 1.82) is 0 Å². The Morgan fingerprint density at radius 2 is 2.06 bits per heavy atom. The molecule has 0 bridgehead atoms. The molecule has 1 amide bonds. The van der Waals surface area contributed by atoms with Crippen LogP contribution in [-0.4, -0.2) is 41.4 Å². The number of nitrogens with zero attached hydrogens (tertiary/aromatic N) is 3. The number of hydrogen-bond donors (Lipinski definition) is 1. The minimum atomic E-state index is -4.62. The highest BCUT2D eigenvalue weighted by Crippen LogP contribution is 2.29. The van der Waals surface area contributed by atoms with E-state index in [1.165, 1.54) is 19.0 Å². The van der Waals surface area contributed by atoms with Crippen molar-refractivity contribution in [3.05, 3.63) is 17.0 Å². The number of anilines is 1. The van der Waals surface area contributed by atoms with Gasteiger partial charge in [-0.3, -0.25) is 4.79 Å². The molecule has 0 aliphatic carbocycles. The first-order chi connectivity index (χ1) is 8.20. The van der Waals surface area contributed by atoms with Gasteiger partial charge in [0.1, 0.15) is 5.82 Å². The summed E-state index contributed by atoms with van der Waals surface area (Å²) in [5.41, 5.74) is -1.16. The van der Waals surface area contributed by atoms with E-state index < -0.39 is 17.2 Å². The average Bonchev–Trinajstić information content (AvgIpc) is 2.23. The van der Waals surface area contributed by atoms with Gasteiger partial charge < -0.3 is 10.2 Å². The van der Waals surface area contributed by atoms with Gasteiger partial charge in [0.15, 0.2) is 5.69 Å². The maximum absolute atomic E-state index is 12.4. The number of hydrogen-bond acceptors (Lipinski definition) is 4. The molecule has 0 aliphatic heterocycles. The molecule has 9 heteroatoms. The summed E-state index contributed by atoms with van der Waals surface area (Å²) in [7, 11) is 3.05. The lowest BCUT2D eigenvalue weighted by atomic mass is 10.4. The van der Waals surface area contributed by atoms with E-state index in [9.17, 15) is 18.0 Å². The summed E-state index contributed by atoms with van der Waals surface area (Å²) in [6.07, 6.45) is -4.62. The summed E-state index contributed by atoms with van der Waals surface area (Å²) in [6.45, 7) is -0.183. The van der Waals surface area contributed by atoms with Gasteiger partial charge >= 0.3 is 6.18 Å². The summed E-state index contributed by atoms with van der Waals surface area (Å²) < 4.78 is 37.3. The second-order valence-electron chi connectivity index (χ2n) is 3.55. The Morgan fingerprint density at radius 3 is 2.56 bits per heavy atom. The number of nitrogens with one attached hydrogen (secondary N) is 1. The Morgan fingerprint density at radius 1 is 1.44 bits per heavy atom. The molecule has 0 aromatic carbocycles. The molecule has 0 aliphatic rings. The maximum atomic E-state index is 12.4. The molecular formula is C9H10ClF3N4O. The van der Waals surface area contributed by atoms with E-state index in [-0.39, 0.29) is 18.3 Å². The molecule has 1 rings (SSSR count). The Labute approximate surface area is 106 Å². The second kappa shape index (κ2) is 5.38. The van der Waals surface area contributed by atoms with Gasteiger partial charge in [-0.05, 0) is 11.6 Å². The van der Waals surface area contributed by atoms with Gasteiger partial charge in [0.05, 0.1) is 6.54 Å². The summed E-state index contributed by atoms with van der Waals surface area (Å²) in [5.74, 6) is -0.462. The predicted octanol–water partition coefficient (Wildman–Crippen LogP) is 1.65. The topological polar surface area (TPSA) is 58.1 Å². The van der Waals surface area contributed by atoms with E-state index >= 15 is 0 Å². The number of alkyl halides is 3. The number of carbonyl (C=O) groups excluding carboxylic acids is 1. The van der Waals surface area contributed by atoms with E-state index in [1.807, 2.05) is 0 Å². The second-order valence-corrected chi connectivity index (χ2v) is 3.88. The molecule has 1 heterocycles.